The lowest BCUT2D eigenvalue weighted by molar-refractivity contribution is 1.29. The number of allylic oxidation sites excluding steroid dienone is 3. The van der Waals surface area contributed by atoms with Gasteiger partial charge in [-0.15, -0.1) is 0 Å². The maximum absolute atomic E-state index is 9.08. The first-order valence-corrected chi connectivity index (χ1v) is 5.96. The van der Waals surface area contributed by atoms with Crippen molar-refractivity contribution < 1.29 is 0 Å². The van der Waals surface area contributed by atoms with Crippen LogP contribution in [0.1, 0.15) is 11.1 Å². The summed E-state index contributed by atoms with van der Waals surface area (Å²) in [6.07, 6.45) is 0.718. The van der Waals surface area contributed by atoms with E-state index < -0.39 is 0 Å². The molecule has 0 N–H and O–H groups in total. The predicted molar refractivity (Wildman–Crippen MR) is 75.9 cm³/mol. The number of nitriles is 1. The number of rotatable bonds is 0. The summed E-state index contributed by atoms with van der Waals surface area (Å²) in [7, 11) is 0. The van der Waals surface area contributed by atoms with Gasteiger partial charge in [-0.05, 0) is 34.4 Å². The van der Waals surface area contributed by atoms with Gasteiger partial charge in [0.1, 0.15) is 0 Å². The SMILES string of the molecule is [C-]#[N+]C(C#N)=C1C(=C)Cc2cc3ccccc3cc21. The van der Waals surface area contributed by atoms with Crippen molar-refractivity contribution in [3.63, 3.8) is 0 Å². The summed E-state index contributed by atoms with van der Waals surface area (Å²) in [4.78, 5) is 3.33. The first-order chi connectivity index (χ1) is 9.24. The van der Waals surface area contributed by atoms with E-state index in [0.29, 0.717) is 0 Å². The summed E-state index contributed by atoms with van der Waals surface area (Å²) < 4.78 is 0. The van der Waals surface area contributed by atoms with Gasteiger partial charge in [-0.2, -0.15) is 0 Å². The third-order valence-electron chi connectivity index (χ3n) is 3.45. The van der Waals surface area contributed by atoms with Crippen LogP contribution in [-0.4, -0.2) is 0 Å². The van der Waals surface area contributed by atoms with Gasteiger partial charge < -0.3 is 0 Å². The van der Waals surface area contributed by atoms with Gasteiger partial charge >= 0.3 is 0 Å². The smallest absolute Gasteiger partial charge is 0.226 e. The van der Waals surface area contributed by atoms with E-state index in [1.807, 2.05) is 24.3 Å². The summed E-state index contributed by atoms with van der Waals surface area (Å²) in [6.45, 7) is 11.1. The van der Waals surface area contributed by atoms with E-state index in [0.717, 1.165) is 34.1 Å². The second-order valence-electron chi connectivity index (χ2n) is 4.58. The molecule has 1 aliphatic carbocycles. The fraction of sp³-hybridized carbons (Fsp3) is 0.0588. The molecule has 0 atom stereocenters. The lowest BCUT2D eigenvalue weighted by atomic mass is 10.00. The molecule has 1 aliphatic rings. The molecule has 88 valence electrons. The maximum atomic E-state index is 9.08. The molecular formula is C17H10N2. The number of hydrogen-bond donors (Lipinski definition) is 0. The zero-order valence-corrected chi connectivity index (χ0v) is 10.3. The number of nitrogens with zero attached hydrogens (tertiary/aromatic N) is 2. The Hall–Kier alpha value is -2.84. The van der Waals surface area contributed by atoms with Crippen molar-refractivity contribution in [1.29, 1.82) is 5.26 Å². The van der Waals surface area contributed by atoms with E-state index in [1.165, 1.54) is 5.39 Å². The largest absolute Gasteiger partial charge is 0.269 e. The molecular weight excluding hydrogens is 232 g/mol. The first-order valence-electron chi connectivity index (χ1n) is 5.96. The molecule has 2 nitrogen and oxygen atoms in total. The van der Waals surface area contributed by atoms with Crippen LogP contribution < -0.4 is 0 Å². The molecule has 0 saturated heterocycles. The molecule has 2 aromatic rings. The summed E-state index contributed by atoms with van der Waals surface area (Å²) in [5, 5.41) is 11.4. The summed E-state index contributed by atoms with van der Waals surface area (Å²) >= 11 is 0. The van der Waals surface area contributed by atoms with Crippen LogP contribution in [-0.2, 0) is 6.42 Å². The standard InChI is InChI=1S/C17H10N2/c1-11-7-14-8-12-5-3-4-6-13(12)9-15(14)17(11)16(10-18)19-2/h3-6,8-9H,1,7H2. The summed E-state index contributed by atoms with van der Waals surface area (Å²) in [5.41, 5.74) is 3.85. The number of fused-ring (bicyclic) bond motifs is 2. The number of benzene rings is 2. The van der Waals surface area contributed by atoms with Crippen LogP contribution in [0.15, 0.2) is 54.2 Å². The maximum Gasteiger partial charge on any atom is 0.269 e. The van der Waals surface area contributed by atoms with Crippen LogP contribution in [0.2, 0.25) is 0 Å². The average molecular weight is 242 g/mol. The Kier molecular flexibility index (Phi) is 2.44. The van der Waals surface area contributed by atoms with Gasteiger partial charge in [-0.3, -0.25) is 0 Å². The second kappa shape index (κ2) is 4.12. The van der Waals surface area contributed by atoms with Crippen molar-refractivity contribution in [3.8, 4) is 6.07 Å². The highest BCUT2D eigenvalue weighted by Gasteiger charge is 2.23. The van der Waals surface area contributed by atoms with Gasteiger partial charge in [-0.25, -0.2) is 10.1 Å². The van der Waals surface area contributed by atoms with E-state index >= 15 is 0 Å². The highest BCUT2D eigenvalue weighted by Crippen LogP contribution is 2.40. The first kappa shape index (κ1) is 11.3. The zero-order valence-electron chi connectivity index (χ0n) is 10.3. The van der Waals surface area contributed by atoms with E-state index in [4.69, 9.17) is 11.8 Å². The lowest BCUT2D eigenvalue weighted by Gasteiger charge is -2.04. The highest BCUT2D eigenvalue weighted by molar-refractivity contribution is 5.96. The Bertz CT molecular complexity index is 810. The summed E-state index contributed by atoms with van der Waals surface area (Å²) in [5.74, 6) is 0. The van der Waals surface area contributed by atoms with Crippen LogP contribution >= 0.6 is 0 Å². The average Bonchev–Trinajstić information content (AvgIpc) is 2.74. The van der Waals surface area contributed by atoms with Crippen LogP contribution in [0.3, 0.4) is 0 Å². The molecule has 0 unspecified atom stereocenters. The van der Waals surface area contributed by atoms with E-state index in [9.17, 15) is 0 Å². The topological polar surface area (TPSA) is 28.1 Å². The van der Waals surface area contributed by atoms with Crippen molar-refractivity contribution in [2.24, 2.45) is 0 Å². The molecule has 0 radical (unpaired) electrons. The fourth-order valence-electron chi connectivity index (χ4n) is 2.61. The molecule has 2 aromatic carbocycles. The summed E-state index contributed by atoms with van der Waals surface area (Å²) in [6, 6.07) is 14.3. The second-order valence-corrected chi connectivity index (χ2v) is 4.58. The number of hydrogen-bond acceptors (Lipinski definition) is 1. The molecule has 19 heavy (non-hydrogen) atoms. The molecule has 0 aromatic heterocycles. The Morgan fingerprint density at radius 3 is 2.58 bits per heavy atom. The Morgan fingerprint density at radius 2 is 1.95 bits per heavy atom. The molecule has 3 rings (SSSR count). The van der Waals surface area contributed by atoms with Gasteiger partial charge in [0.2, 0.25) is 0 Å². The highest BCUT2D eigenvalue weighted by atomic mass is 14.7. The molecule has 2 heteroatoms. The minimum absolute atomic E-state index is 0.138. The minimum atomic E-state index is 0.138. The fourth-order valence-corrected chi connectivity index (χ4v) is 2.61. The molecule has 0 bridgehead atoms. The van der Waals surface area contributed by atoms with E-state index in [-0.39, 0.29) is 5.70 Å². The molecule has 0 fully saturated rings. The van der Waals surface area contributed by atoms with Gasteiger partial charge in [0.05, 0.1) is 12.6 Å². The van der Waals surface area contributed by atoms with Gasteiger partial charge in [-0.1, -0.05) is 42.5 Å². The Labute approximate surface area is 111 Å². The monoisotopic (exact) mass is 242 g/mol. The zero-order chi connectivity index (χ0) is 13.4. The van der Waals surface area contributed by atoms with Crippen LogP contribution in [0.4, 0.5) is 0 Å². The van der Waals surface area contributed by atoms with Crippen molar-refractivity contribution >= 4 is 16.3 Å². The molecule has 0 saturated carbocycles. The van der Waals surface area contributed by atoms with Crippen molar-refractivity contribution in [2.45, 2.75) is 6.42 Å². The van der Waals surface area contributed by atoms with Crippen LogP contribution in [0.5, 0.6) is 0 Å². The van der Waals surface area contributed by atoms with Gasteiger partial charge in [0, 0.05) is 5.57 Å². The van der Waals surface area contributed by atoms with E-state index in [2.05, 4.69) is 29.6 Å². The van der Waals surface area contributed by atoms with Crippen molar-refractivity contribution in [1.82, 2.24) is 0 Å². The van der Waals surface area contributed by atoms with Crippen LogP contribution in [0.25, 0.3) is 21.2 Å². The minimum Gasteiger partial charge on any atom is -0.226 e. The predicted octanol–water partition coefficient (Wildman–Crippen LogP) is 4.11. The Balaban J connectivity index is 2.37. The van der Waals surface area contributed by atoms with Gasteiger partial charge in [0.25, 0.3) is 5.70 Å². The third-order valence-corrected chi connectivity index (χ3v) is 3.45. The van der Waals surface area contributed by atoms with Gasteiger partial charge in [0.15, 0.2) is 0 Å². The third kappa shape index (κ3) is 1.63. The quantitative estimate of drug-likeness (QED) is 0.504. The normalized spacial score (nSPS) is 15.8. The van der Waals surface area contributed by atoms with Crippen LogP contribution in [0, 0.1) is 17.9 Å². The molecule has 0 spiro atoms. The molecule has 0 aliphatic heterocycles. The lowest BCUT2D eigenvalue weighted by Crippen LogP contribution is -1.85. The Morgan fingerprint density at radius 1 is 1.26 bits per heavy atom. The molecule has 0 amide bonds. The molecule has 0 heterocycles. The van der Waals surface area contributed by atoms with E-state index in [1.54, 1.807) is 0 Å². The van der Waals surface area contributed by atoms with Crippen molar-refractivity contribution in [2.75, 3.05) is 0 Å². The van der Waals surface area contributed by atoms with Crippen molar-refractivity contribution in [3.05, 3.63) is 76.8 Å².